The normalized spacial score (nSPS) is 23.0. The molecule has 86 valence electrons. The first-order chi connectivity index (χ1) is 7.57. The third-order valence-corrected chi connectivity index (χ3v) is 5.25. The number of ether oxygens (including phenoxy) is 1. The monoisotopic (exact) mass is 239 g/mol. The lowest BCUT2D eigenvalue weighted by Crippen LogP contribution is -2.25. The number of benzene rings is 1. The fourth-order valence-corrected chi connectivity index (χ4v) is 3.99. The molecule has 0 radical (unpaired) electrons. The lowest BCUT2D eigenvalue weighted by atomic mass is 10.2. The summed E-state index contributed by atoms with van der Waals surface area (Å²) in [4.78, 5) is 11.7. The SMILES string of the molecule is CCOC(=O)N1Cc2ccccc2P1(C)=O. The van der Waals surface area contributed by atoms with E-state index in [1.807, 2.05) is 24.3 Å². The van der Waals surface area contributed by atoms with Gasteiger partial charge in [-0.1, -0.05) is 18.2 Å². The summed E-state index contributed by atoms with van der Waals surface area (Å²) in [6, 6.07) is 7.43. The van der Waals surface area contributed by atoms with Gasteiger partial charge >= 0.3 is 6.09 Å². The van der Waals surface area contributed by atoms with Crippen LogP contribution in [-0.4, -0.2) is 24.0 Å². The van der Waals surface area contributed by atoms with Gasteiger partial charge in [-0.15, -0.1) is 0 Å². The highest BCUT2D eigenvalue weighted by molar-refractivity contribution is 7.69. The van der Waals surface area contributed by atoms with Crippen molar-refractivity contribution in [2.24, 2.45) is 0 Å². The van der Waals surface area contributed by atoms with Crippen LogP contribution in [0.1, 0.15) is 12.5 Å². The van der Waals surface area contributed by atoms with Crippen molar-refractivity contribution in [3.63, 3.8) is 0 Å². The zero-order chi connectivity index (χ0) is 11.8. The van der Waals surface area contributed by atoms with E-state index in [2.05, 4.69) is 0 Å². The quantitative estimate of drug-likeness (QED) is 0.706. The molecule has 2 rings (SSSR count). The first-order valence-corrected chi connectivity index (χ1v) is 7.28. The van der Waals surface area contributed by atoms with Crippen LogP contribution in [0, 0.1) is 0 Å². The average Bonchev–Trinajstić information content (AvgIpc) is 2.52. The van der Waals surface area contributed by atoms with Gasteiger partial charge in [0.15, 0.2) is 0 Å². The summed E-state index contributed by atoms with van der Waals surface area (Å²) in [6.07, 6.45) is -0.496. The molecular weight excluding hydrogens is 225 g/mol. The predicted molar refractivity (Wildman–Crippen MR) is 62.2 cm³/mol. The molecule has 1 aromatic rings. The Morgan fingerprint density at radius 1 is 1.50 bits per heavy atom. The molecule has 0 spiro atoms. The zero-order valence-electron chi connectivity index (χ0n) is 9.34. The number of amides is 1. The van der Waals surface area contributed by atoms with Crippen LogP contribution in [0.3, 0.4) is 0 Å². The molecule has 0 bridgehead atoms. The summed E-state index contributed by atoms with van der Waals surface area (Å²) in [5.41, 5.74) is 0.946. The zero-order valence-corrected chi connectivity index (χ0v) is 10.2. The Balaban J connectivity index is 2.36. The second-order valence-electron chi connectivity index (χ2n) is 3.76. The molecule has 16 heavy (non-hydrogen) atoms. The van der Waals surface area contributed by atoms with Crippen molar-refractivity contribution in [1.29, 1.82) is 0 Å². The maximum atomic E-state index is 12.5. The standard InChI is InChI=1S/C11H14NO3P/c1-3-15-11(13)12-8-9-6-4-5-7-10(9)16(12,2)14/h4-7H,3,8H2,1-2H3. The third kappa shape index (κ3) is 1.63. The maximum Gasteiger partial charge on any atom is 0.415 e. The predicted octanol–water partition coefficient (Wildman–Crippen LogP) is 2.19. The molecule has 1 aromatic carbocycles. The van der Waals surface area contributed by atoms with Gasteiger partial charge in [0.2, 0.25) is 7.29 Å². The van der Waals surface area contributed by atoms with E-state index in [9.17, 15) is 9.36 Å². The molecular formula is C11H14NO3P. The highest BCUT2D eigenvalue weighted by Gasteiger charge is 2.40. The molecule has 1 aliphatic heterocycles. The maximum absolute atomic E-state index is 12.5. The van der Waals surface area contributed by atoms with Crippen LogP contribution in [0.4, 0.5) is 4.79 Å². The molecule has 0 N–H and O–H groups in total. The minimum absolute atomic E-state index is 0.297. The van der Waals surface area contributed by atoms with E-state index in [4.69, 9.17) is 4.74 Å². The summed E-state index contributed by atoms with van der Waals surface area (Å²) in [6.45, 7) is 4.02. The number of hydrogen-bond acceptors (Lipinski definition) is 3. The van der Waals surface area contributed by atoms with Crippen molar-refractivity contribution in [1.82, 2.24) is 4.67 Å². The summed E-state index contributed by atoms with van der Waals surface area (Å²) in [5.74, 6) is 0. The first-order valence-electron chi connectivity index (χ1n) is 5.18. The van der Waals surface area contributed by atoms with E-state index in [0.717, 1.165) is 10.9 Å². The number of carbonyl (C=O) groups is 1. The Labute approximate surface area is 94.6 Å². The minimum Gasteiger partial charge on any atom is -0.449 e. The summed E-state index contributed by atoms with van der Waals surface area (Å²) < 4.78 is 18.8. The van der Waals surface area contributed by atoms with Crippen LogP contribution in [0.15, 0.2) is 24.3 Å². The van der Waals surface area contributed by atoms with E-state index >= 15 is 0 Å². The highest BCUT2D eigenvalue weighted by atomic mass is 31.2. The van der Waals surface area contributed by atoms with E-state index in [0.29, 0.717) is 13.2 Å². The van der Waals surface area contributed by atoms with Crippen molar-refractivity contribution in [3.05, 3.63) is 29.8 Å². The second-order valence-corrected chi connectivity index (χ2v) is 6.49. The Kier molecular flexibility index (Phi) is 2.76. The fourth-order valence-electron chi connectivity index (χ4n) is 1.89. The average molecular weight is 239 g/mol. The van der Waals surface area contributed by atoms with Crippen LogP contribution < -0.4 is 5.30 Å². The molecule has 1 heterocycles. The van der Waals surface area contributed by atoms with E-state index in [1.165, 1.54) is 4.67 Å². The Bertz CT molecular complexity index is 472. The van der Waals surface area contributed by atoms with Crippen LogP contribution in [-0.2, 0) is 15.8 Å². The summed E-state index contributed by atoms with van der Waals surface area (Å²) in [5, 5.41) is 0.767. The van der Waals surface area contributed by atoms with E-state index < -0.39 is 13.4 Å². The van der Waals surface area contributed by atoms with E-state index in [-0.39, 0.29) is 0 Å². The Hall–Kier alpha value is -1.28. The van der Waals surface area contributed by atoms with Crippen molar-refractivity contribution in [3.8, 4) is 0 Å². The summed E-state index contributed by atoms with van der Waals surface area (Å²) >= 11 is 0. The molecule has 1 amide bonds. The highest BCUT2D eigenvalue weighted by Crippen LogP contribution is 2.51. The van der Waals surface area contributed by atoms with Gasteiger partial charge in [0, 0.05) is 12.0 Å². The number of nitrogens with zero attached hydrogens (tertiary/aromatic N) is 1. The van der Waals surface area contributed by atoms with Gasteiger partial charge in [-0.2, -0.15) is 0 Å². The Morgan fingerprint density at radius 2 is 2.19 bits per heavy atom. The van der Waals surface area contributed by atoms with Crippen molar-refractivity contribution >= 4 is 18.7 Å². The van der Waals surface area contributed by atoms with Gasteiger partial charge in [0.1, 0.15) is 0 Å². The van der Waals surface area contributed by atoms with Crippen molar-refractivity contribution < 1.29 is 14.1 Å². The molecule has 0 aliphatic carbocycles. The lowest BCUT2D eigenvalue weighted by molar-refractivity contribution is 0.130. The number of fused-ring (bicyclic) bond motifs is 1. The van der Waals surface area contributed by atoms with E-state index in [1.54, 1.807) is 13.6 Å². The number of carbonyl (C=O) groups excluding carboxylic acids is 1. The van der Waals surface area contributed by atoms with Gasteiger partial charge in [0.05, 0.1) is 13.2 Å². The summed E-state index contributed by atoms with van der Waals surface area (Å²) in [7, 11) is -2.77. The minimum atomic E-state index is -2.77. The van der Waals surface area contributed by atoms with Gasteiger partial charge in [-0.3, -0.25) is 4.57 Å². The largest absolute Gasteiger partial charge is 0.449 e. The van der Waals surface area contributed by atoms with Crippen molar-refractivity contribution in [2.45, 2.75) is 13.5 Å². The number of rotatable bonds is 1. The molecule has 1 unspecified atom stereocenters. The van der Waals surface area contributed by atoms with Gasteiger partial charge in [0.25, 0.3) is 0 Å². The van der Waals surface area contributed by atoms with Crippen LogP contribution in [0.5, 0.6) is 0 Å². The molecule has 0 fully saturated rings. The third-order valence-electron chi connectivity index (χ3n) is 2.70. The Morgan fingerprint density at radius 3 is 2.81 bits per heavy atom. The van der Waals surface area contributed by atoms with Crippen LogP contribution in [0.2, 0.25) is 0 Å². The van der Waals surface area contributed by atoms with Crippen LogP contribution in [0.25, 0.3) is 0 Å². The van der Waals surface area contributed by atoms with Crippen molar-refractivity contribution in [2.75, 3.05) is 13.3 Å². The fraction of sp³-hybridized carbons (Fsp3) is 0.364. The lowest BCUT2D eigenvalue weighted by Gasteiger charge is -2.20. The molecule has 1 aliphatic rings. The number of hydrogen-bond donors (Lipinski definition) is 0. The molecule has 0 aromatic heterocycles. The molecule has 5 heteroatoms. The first kappa shape index (κ1) is 11.2. The molecule has 1 atom stereocenters. The van der Waals surface area contributed by atoms with Gasteiger partial charge < -0.3 is 4.74 Å². The van der Waals surface area contributed by atoms with Gasteiger partial charge in [-0.05, 0) is 18.6 Å². The topological polar surface area (TPSA) is 46.6 Å². The smallest absolute Gasteiger partial charge is 0.415 e. The second kappa shape index (κ2) is 3.95. The van der Waals surface area contributed by atoms with Crippen LogP contribution >= 0.6 is 7.29 Å². The molecule has 0 saturated carbocycles. The van der Waals surface area contributed by atoms with Gasteiger partial charge in [-0.25, -0.2) is 9.46 Å². The molecule has 4 nitrogen and oxygen atoms in total. The molecule has 0 saturated heterocycles.